The standard InChI is InChI=1S/C27H35N7O5/c1-18(17-37-5)38-21-10-20(27(36)30-23-8-9-33(4)31-23)11-22(12-21)39-25-14-28-24(13-29-25)34(15-19-6-7-19)26(35)16-32(2)3/h8-14,18-19H,6-7,15-17H2,1-5H3,(H,30,31,36)/t18-/m0/s1. The first-order chi connectivity index (χ1) is 18.7. The highest BCUT2D eigenvalue weighted by atomic mass is 16.5. The van der Waals surface area contributed by atoms with Crippen LogP contribution in [0.15, 0.2) is 42.9 Å². The van der Waals surface area contributed by atoms with Crippen LogP contribution in [0.4, 0.5) is 11.6 Å². The molecule has 2 amide bonds. The smallest absolute Gasteiger partial charge is 0.257 e. The van der Waals surface area contributed by atoms with Crippen molar-refractivity contribution in [1.82, 2.24) is 24.6 Å². The van der Waals surface area contributed by atoms with E-state index in [0.29, 0.717) is 47.8 Å². The molecule has 0 aliphatic heterocycles. The predicted molar refractivity (Wildman–Crippen MR) is 145 cm³/mol. The van der Waals surface area contributed by atoms with Gasteiger partial charge in [0, 0.05) is 44.6 Å². The van der Waals surface area contributed by atoms with Gasteiger partial charge in [-0.25, -0.2) is 9.97 Å². The van der Waals surface area contributed by atoms with Crippen molar-refractivity contribution < 1.29 is 23.8 Å². The van der Waals surface area contributed by atoms with E-state index in [9.17, 15) is 9.59 Å². The van der Waals surface area contributed by atoms with Crippen molar-refractivity contribution >= 4 is 23.5 Å². The second kappa shape index (κ2) is 12.7. The zero-order valence-electron chi connectivity index (χ0n) is 23.0. The third-order valence-corrected chi connectivity index (χ3v) is 5.84. The number of ether oxygens (including phenoxy) is 3. The van der Waals surface area contributed by atoms with Gasteiger partial charge in [-0.05, 0) is 51.9 Å². The van der Waals surface area contributed by atoms with Gasteiger partial charge in [-0.15, -0.1) is 0 Å². The number of nitrogens with zero attached hydrogens (tertiary/aromatic N) is 6. The number of anilines is 2. The molecule has 0 unspecified atom stereocenters. The van der Waals surface area contributed by atoms with Gasteiger partial charge in [-0.1, -0.05) is 0 Å². The molecule has 0 spiro atoms. The number of hydrogen-bond acceptors (Lipinski definition) is 9. The second-order valence-corrected chi connectivity index (χ2v) is 9.91. The van der Waals surface area contributed by atoms with Crippen LogP contribution in [0, 0.1) is 5.92 Å². The van der Waals surface area contributed by atoms with Crippen LogP contribution >= 0.6 is 0 Å². The monoisotopic (exact) mass is 537 g/mol. The van der Waals surface area contributed by atoms with Gasteiger partial charge in [0.15, 0.2) is 11.6 Å². The molecule has 1 atom stereocenters. The third kappa shape index (κ3) is 8.23. The summed E-state index contributed by atoms with van der Waals surface area (Å²) in [4.78, 5) is 38.1. The maximum atomic E-state index is 13.0. The quantitative estimate of drug-likeness (QED) is 0.350. The Balaban J connectivity index is 1.54. The SMILES string of the molecule is COC[C@H](C)Oc1cc(Oc2cnc(N(CC3CC3)C(=O)CN(C)C)cn2)cc(C(=O)Nc2ccn(C)n2)c1. The number of aromatic nitrogens is 4. The zero-order valence-corrected chi connectivity index (χ0v) is 23.0. The fourth-order valence-electron chi connectivity index (χ4n) is 3.86. The lowest BCUT2D eigenvalue weighted by Gasteiger charge is -2.23. The molecule has 1 aliphatic rings. The van der Waals surface area contributed by atoms with E-state index in [-0.39, 0.29) is 30.3 Å². The number of benzene rings is 1. The minimum absolute atomic E-state index is 0.0338. The number of carbonyl (C=O) groups is 2. The Bertz CT molecular complexity index is 1270. The summed E-state index contributed by atoms with van der Waals surface area (Å²) in [5, 5.41) is 6.96. The summed E-state index contributed by atoms with van der Waals surface area (Å²) in [5.41, 5.74) is 0.312. The molecule has 1 N–H and O–H groups in total. The molecule has 2 aromatic heterocycles. The first-order valence-corrected chi connectivity index (χ1v) is 12.8. The van der Waals surface area contributed by atoms with Crippen LogP contribution in [-0.2, 0) is 16.6 Å². The predicted octanol–water partition coefficient (Wildman–Crippen LogP) is 2.97. The van der Waals surface area contributed by atoms with Gasteiger partial charge in [0.05, 0.1) is 25.5 Å². The highest BCUT2D eigenvalue weighted by Crippen LogP contribution is 2.32. The fraction of sp³-hybridized carbons (Fsp3) is 0.444. The summed E-state index contributed by atoms with van der Waals surface area (Å²) < 4.78 is 18.7. The van der Waals surface area contributed by atoms with Gasteiger partial charge in [0.25, 0.3) is 5.91 Å². The molecule has 3 aromatic rings. The van der Waals surface area contributed by atoms with Crippen molar-refractivity contribution in [3.8, 4) is 17.4 Å². The van der Waals surface area contributed by atoms with E-state index in [1.54, 1.807) is 54.2 Å². The van der Waals surface area contributed by atoms with Crippen LogP contribution in [0.5, 0.6) is 17.4 Å². The van der Waals surface area contributed by atoms with Crippen LogP contribution in [0.25, 0.3) is 0 Å². The lowest BCUT2D eigenvalue weighted by molar-refractivity contribution is -0.119. The highest BCUT2D eigenvalue weighted by Gasteiger charge is 2.28. The fourth-order valence-corrected chi connectivity index (χ4v) is 3.86. The van der Waals surface area contributed by atoms with Crippen molar-refractivity contribution in [2.24, 2.45) is 13.0 Å². The van der Waals surface area contributed by atoms with E-state index in [1.165, 1.54) is 12.4 Å². The number of hydrogen-bond donors (Lipinski definition) is 1. The zero-order chi connectivity index (χ0) is 27.9. The van der Waals surface area contributed by atoms with Crippen LogP contribution in [-0.4, -0.2) is 83.5 Å². The lowest BCUT2D eigenvalue weighted by Crippen LogP contribution is -2.39. The molecule has 1 fully saturated rings. The Labute approximate surface area is 227 Å². The number of aryl methyl sites for hydroxylation is 1. The second-order valence-electron chi connectivity index (χ2n) is 9.91. The molecule has 39 heavy (non-hydrogen) atoms. The maximum absolute atomic E-state index is 13.0. The highest BCUT2D eigenvalue weighted by molar-refractivity contribution is 6.04. The third-order valence-electron chi connectivity index (χ3n) is 5.84. The first kappa shape index (κ1) is 28.0. The van der Waals surface area contributed by atoms with Gasteiger partial charge in [0.1, 0.15) is 17.6 Å². The maximum Gasteiger partial charge on any atom is 0.257 e. The van der Waals surface area contributed by atoms with E-state index in [0.717, 1.165) is 12.8 Å². The number of likely N-dealkylation sites (N-methyl/N-ethyl adjacent to an activating group) is 1. The molecule has 4 rings (SSSR count). The lowest BCUT2D eigenvalue weighted by atomic mass is 10.2. The summed E-state index contributed by atoms with van der Waals surface area (Å²) in [6.07, 6.45) is 6.69. The van der Waals surface area contributed by atoms with Crippen LogP contribution in [0.3, 0.4) is 0 Å². The van der Waals surface area contributed by atoms with E-state index in [2.05, 4.69) is 20.4 Å². The van der Waals surface area contributed by atoms with Crippen LogP contribution < -0.4 is 19.7 Å². The molecule has 2 heterocycles. The molecule has 12 heteroatoms. The molecule has 1 saturated carbocycles. The average molecular weight is 538 g/mol. The summed E-state index contributed by atoms with van der Waals surface area (Å²) >= 11 is 0. The molecule has 12 nitrogen and oxygen atoms in total. The number of rotatable bonds is 13. The number of carbonyl (C=O) groups excluding carboxylic acids is 2. The summed E-state index contributed by atoms with van der Waals surface area (Å²) in [6.45, 7) is 3.14. The number of amides is 2. The molecule has 0 bridgehead atoms. The van der Waals surface area contributed by atoms with Crippen LogP contribution in [0.2, 0.25) is 0 Å². The molecule has 1 aromatic carbocycles. The van der Waals surface area contributed by atoms with Crippen molar-refractivity contribution in [2.45, 2.75) is 25.9 Å². The van der Waals surface area contributed by atoms with Crippen molar-refractivity contribution in [2.75, 3.05) is 51.1 Å². The number of nitrogens with one attached hydrogen (secondary N) is 1. The normalized spacial score (nSPS) is 13.7. The summed E-state index contributed by atoms with van der Waals surface area (Å²) in [5.74, 6) is 1.96. The van der Waals surface area contributed by atoms with E-state index >= 15 is 0 Å². The molecule has 0 radical (unpaired) electrons. The Morgan fingerprint density at radius 2 is 1.92 bits per heavy atom. The van der Waals surface area contributed by atoms with Gasteiger partial charge in [0.2, 0.25) is 11.8 Å². The van der Waals surface area contributed by atoms with E-state index in [4.69, 9.17) is 14.2 Å². The molecule has 1 aliphatic carbocycles. The average Bonchev–Trinajstić information content (AvgIpc) is 3.61. The Kier molecular flexibility index (Phi) is 9.10. The Morgan fingerprint density at radius 1 is 1.15 bits per heavy atom. The molecule has 0 saturated heterocycles. The Morgan fingerprint density at radius 3 is 2.54 bits per heavy atom. The van der Waals surface area contributed by atoms with E-state index < -0.39 is 0 Å². The van der Waals surface area contributed by atoms with Crippen molar-refractivity contribution in [3.63, 3.8) is 0 Å². The Hall–Kier alpha value is -4.03. The van der Waals surface area contributed by atoms with Crippen LogP contribution in [0.1, 0.15) is 30.1 Å². The first-order valence-electron chi connectivity index (χ1n) is 12.8. The van der Waals surface area contributed by atoms with Crippen molar-refractivity contribution in [1.29, 1.82) is 0 Å². The van der Waals surface area contributed by atoms with Gasteiger partial charge < -0.3 is 24.4 Å². The summed E-state index contributed by atoms with van der Waals surface area (Å²) in [6, 6.07) is 6.57. The van der Waals surface area contributed by atoms with Gasteiger partial charge in [-0.2, -0.15) is 5.10 Å². The minimum atomic E-state index is -0.375. The van der Waals surface area contributed by atoms with Gasteiger partial charge >= 0.3 is 0 Å². The van der Waals surface area contributed by atoms with Gasteiger partial charge in [-0.3, -0.25) is 19.2 Å². The molecule has 208 valence electrons. The van der Waals surface area contributed by atoms with Crippen molar-refractivity contribution in [3.05, 3.63) is 48.4 Å². The molecular formula is C27H35N7O5. The summed E-state index contributed by atoms with van der Waals surface area (Å²) in [7, 11) is 7.07. The minimum Gasteiger partial charge on any atom is -0.488 e. The largest absolute Gasteiger partial charge is 0.488 e. The molecular weight excluding hydrogens is 502 g/mol. The van der Waals surface area contributed by atoms with E-state index in [1.807, 2.05) is 25.9 Å². The topological polar surface area (TPSA) is 124 Å². The number of methoxy groups -OCH3 is 1.